The Morgan fingerprint density at radius 1 is 1.28 bits per heavy atom. The monoisotopic (exact) mass is 244 g/mol. The quantitative estimate of drug-likeness (QED) is 0.614. The van der Waals surface area contributed by atoms with Gasteiger partial charge in [0.05, 0.1) is 0 Å². The van der Waals surface area contributed by atoms with Crippen LogP contribution in [0.3, 0.4) is 0 Å². The van der Waals surface area contributed by atoms with Crippen LogP contribution in [0.4, 0.5) is 5.69 Å². The van der Waals surface area contributed by atoms with Crippen molar-refractivity contribution < 1.29 is 9.59 Å². The second kappa shape index (κ2) is 7.06. The first-order valence-corrected chi connectivity index (χ1v) is 5.56. The molecule has 0 bridgehead atoms. The first kappa shape index (κ1) is 13.7. The molecule has 2 N–H and O–H groups in total. The molecule has 94 valence electrons. The average Bonchev–Trinajstić information content (AvgIpc) is 2.35. The molecule has 0 aliphatic rings. The molecule has 4 heteroatoms. The number of nitrogens with one attached hydrogen (secondary N) is 2. The number of hydrogen-bond acceptors (Lipinski definition) is 2. The summed E-state index contributed by atoms with van der Waals surface area (Å²) in [5.41, 5.74) is 1.62. The van der Waals surface area contributed by atoms with Crippen LogP contribution in [0.25, 0.3) is 6.08 Å². The maximum atomic E-state index is 11.3. The van der Waals surface area contributed by atoms with E-state index in [1.165, 1.54) is 13.0 Å². The molecule has 0 spiro atoms. The van der Waals surface area contributed by atoms with Crippen molar-refractivity contribution in [2.24, 2.45) is 0 Å². The molecule has 1 rings (SSSR count). The average molecular weight is 244 g/mol. The van der Waals surface area contributed by atoms with Gasteiger partial charge in [-0.25, -0.2) is 0 Å². The number of amides is 2. The first-order valence-electron chi connectivity index (χ1n) is 5.56. The predicted molar refractivity (Wildman–Crippen MR) is 73.0 cm³/mol. The summed E-state index contributed by atoms with van der Waals surface area (Å²) in [6.07, 6.45) is 4.78. The van der Waals surface area contributed by atoms with Gasteiger partial charge in [0.15, 0.2) is 0 Å². The summed E-state index contributed by atoms with van der Waals surface area (Å²) < 4.78 is 0. The number of anilines is 1. The van der Waals surface area contributed by atoms with Gasteiger partial charge in [-0.05, 0) is 23.8 Å². The Hall–Kier alpha value is -2.36. The van der Waals surface area contributed by atoms with Gasteiger partial charge in [0.2, 0.25) is 11.8 Å². The van der Waals surface area contributed by atoms with Crippen molar-refractivity contribution >= 4 is 23.6 Å². The van der Waals surface area contributed by atoms with E-state index in [-0.39, 0.29) is 11.8 Å². The van der Waals surface area contributed by atoms with Crippen LogP contribution in [0.15, 0.2) is 43.0 Å². The van der Waals surface area contributed by atoms with Crippen LogP contribution in [0.5, 0.6) is 0 Å². The van der Waals surface area contributed by atoms with Crippen molar-refractivity contribution in [3.63, 3.8) is 0 Å². The maximum absolute atomic E-state index is 11.3. The van der Waals surface area contributed by atoms with Gasteiger partial charge in [-0.3, -0.25) is 9.59 Å². The van der Waals surface area contributed by atoms with E-state index in [9.17, 15) is 9.59 Å². The Morgan fingerprint density at radius 3 is 2.50 bits per heavy atom. The van der Waals surface area contributed by atoms with E-state index in [4.69, 9.17) is 0 Å². The van der Waals surface area contributed by atoms with Gasteiger partial charge in [-0.2, -0.15) is 0 Å². The third-order valence-electron chi connectivity index (χ3n) is 2.08. The molecule has 4 nitrogen and oxygen atoms in total. The summed E-state index contributed by atoms with van der Waals surface area (Å²) in [5.74, 6) is -0.275. The topological polar surface area (TPSA) is 58.2 Å². The summed E-state index contributed by atoms with van der Waals surface area (Å²) in [5, 5.41) is 5.31. The number of rotatable bonds is 5. The van der Waals surface area contributed by atoms with Crippen molar-refractivity contribution in [1.82, 2.24) is 5.32 Å². The third-order valence-corrected chi connectivity index (χ3v) is 2.08. The molecular formula is C14H16N2O2. The summed E-state index contributed by atoms with van der Waals surface area (Å²) in [7, 11) is 0. The molecule has 0 heterocycles. The largest absolute Gasteiger partial charge is 0.349 e. The Labute approximate surface area is 106 Å². The molecule has 18 heavy (non-hydrogen) atoms. The van der Waals surface area contributed by atoms with Gasteiger partial charge < -0.3 is 10.6 Å². The van der Waals surface area contributed by atoms with Crippen molar-refractivity contribution in [2.75, 3.05) is 11.9 Å². The lowest BCUT2D eigenvalue weighted by molar-refractivity contribution is -0.116. The number of benzene rings is 1. The molecule has 1 aromatic carbocycles. The molecule has 0 fully saturated rings. The lowest BCUT2D eigenvalue weighted by atomic mass is 10.2. The fourth-order valence-corrected chi connectivity index (χ4v) is 1.28. The summed E-state index contributed by atoms with van der Waals surface area (Å²) >= 11 is 0. The van der Waals surface area contributed by atoms with E-state index < -0.39 is 0 Å². The number of carbonyl (C=O) groups is 2. The van der Waals surface area contributed by atoms with Crippen LogP contribution in [0.1, 0.15) is 12.5 Å². The summed E-state index contributed by atoms with van der Waals surface area (Å²) in [4.78, 5) is 22.1. The number of hydrogen-bond donors (Lipinski definition) is 2. The number of carbonyl (C=O) groups excluding carboxylic acids is 2. The van der Waals surface area contributed by atoms with Crippen LogP contribution >= 0.6 is 0 Å². The fraction of sp³-hybridized carbons (Fsp3) is 0.143. The molecule has 2 amide bonds. The van der Waals surface area contributed by atoms with Crippen molar-refractivity contribution in [2.45, 2.75) is 6.92 Å². The zero-order valence-corrected chi connectivity index (χ0v) is 10.3. The first-order chi connectivity index (χ1) is 8.61. The fourth-order valence-electron chi connectivity index (χ4n) is 1.28. The van der Waals surface area contributed by atoms with Gasteiger partial charge in [0.25, 0.3) is 0 Å². The van der Waals surface area contributed by atoms with Crippen molar-refractivity contribution in [1.29, 1.82) is 0 Å². The lowest BCUT2D eigenvalue weighted by Crippen LogP contribution is -2.20. The van der Waals surface area contributed by atoms with Gasteiger partial charge in [-0.15, -0.1) is 6.58 Å². The van der Waals surface area contributed by atoms with Gasteiger partial charge >= 0.3 is 0 Å². The minimum Gasteiger partial charge on any atom is -0.349 e. The minimum atomic E-state index is -0.166. The highest BCUT2D eigenvalue weighted by molar-refractivity contribution is 5.92. The Bertz CT molecular complexity index is 461. The van der Waals surface area contributed by atoms with Crippen LogP contribution in [0.2, 0.25) is 0 Å². The van der Waals surface area contributed by atoms with Gasteiger partial charge in [-0.1, -0.05) is 18.2 Å². The Kier molecular flexibility index (Phi) is 5.38. The second-order valence-electron chi connectivity index (χ2n) is 3.67. The SMILES string of the molecule is C=CCNC(=O)/C=C/c1ccc(NC(C)=O)cc1. The van der Waals surface area contributed by atoms with E-state index in [1.807, 2.05) is 12.1 Å². The van der Waals surface area contributed by atoms with Crippen LogP contribution < -0.4 is 10.6 Å². The highest BCUT2D eigenvalue weighted by Crippen LogP contribution is 2.10. The standard InChI is InChI=1S/C14H16N2O2/c1-3-10-15-14(18)9-6-12-4-7-13(8-5-12)16-11(2)17/h3-9H,1,10H2,2H3,(H,15,18)(H,16,17)/b9-6+. The lowest BCUT2D eigenvalue weighted by Gasteiger charge is -2.01. The van der Waals surface area contributed by atoms with Crippen LogP contribution in [-0.4, -0.2) is 18.4 Å². The highest BCUT2D eigenvalue weighted by atomic mass is 16.2. The Balaban J connectivity index is 2.57. The van der Waals surface area contributed by atoms with Crippen LogP contribution in [-0.2, 0) is 9.59 Å². The molecule has 0 saturated heterocycles. The third kappa shape index (κ3) is 5.12. The molecule has 0 unspecified atom stereocenters. The molecular weight excluding hydrogens is 228 g/mol. The second-order valence-corrected chi connectivity index (χ2v) is 3.67. The summed E-state index contributed by atoms with van der Waals surface area (Å²) in [6, 6.07) is 7.20. The molecule has 0 saturated carbocycles. The zero-order chi connectivity index (χ0) is 13.4. The molecule has 0 aromatic heterocycles. The van der Waals surface area contributed by atoms with E-state index in [0.717, 1.165) is 11.3 Å². The molecule has 0 aliphatic heterocycles. The molecule has 0 aliphatic carbocycles. The zero-order valence-electron chi connectivity index (χ0n) is 10.3. The Morgan fingerprint density at radius 2 is 1.94 bits per heavy atom. The maximum Gasteiger partial charge on any atom is 0.244 e. The van der Waals surface area contributed by atoms with E-state index >= 15 is 0 Å². The van der Waals surface area contributed by atoms with Gasteiger partial charge in [0, 0.05) is 25.2 Å². The minimum absolute atomic E-state index is 0.109. The van der Waals surface area contributed by atoms with E-state index in [0.29, 0.717) is 6.54 Å². The van der Waals surface area contributed by atoms with Crippen molar-refractivity contribution in [3.8, 4) is 0 Å². The smallest absolute Gasteiger partial charge is 0.244 e. The van der Waals surface area contributed by atoms with Crippen LogP contribution in [0, 0.1) is 0 Å². The normalized spacial score (nSPS) is 10.1. The van der Waals surface area contributed by atoms with Gasteiger partial charge in [0.1, 0.15) is 0 Å². The van der Waals surface area contributed by atoms with E-state index in [1.54, 1.807) is 24.3 Å². The highest BCUT2D eigenvalue weighted by Gasteiger charge is 1.95. The summed E-state index contributed by atoms with van der Waals surface area (Å²) in [6.45, 7) is 5.42. The van der Waals surface area contributed by atoms with Crippen molar-refractivity contribution in [3.05, 3.63) is 48.6 Å². The van der Waals surface area contributed by atoms with E-state index in [2.05, 4.69) is 17.2 Å². The molecule has 0 atom stereocenters. The molecule has 0 radical (unpaired) electrons. The predicted octanol–water partition coefficient (Wildman–Crippen LogP) is 1.96. The molecule has 1 aromatic rings.